The molecule has 19 heavy (non-hydrogen) atoms. The second-order valence-electron chi connectivity index (χ2n) is 6.72. The van der Waals surface area contributed by atoms with E-state index in [1.54, 1.807) is 5.56 Å². The second-order valence-corrected chi connectivity index (χ2v) is 7.50. The van der Waals surface area contributed by atoms with Gasteiger partial charge in [0, 0.05) is 6.54 Å². The van der Waals surface area contributed by atoms with Crippen molar-refractivity contribution in [2.75, 3.05) is 13.1 Å². The molecule has 108 valence electrons. The van der Waals surface area contributed by atoms with E-state index in [0.29, 0.717) is 5.41 Å². The van der Waals surface area contributed by atoms with Crippen molar-refractivity contribution in [3.63, 3.8) is 0 Å². The Balaban J connectivity index is 1.86. The minimum Gasteiger partial charge on any atom is -0.316 e. The van der Waals surface area contributed by atoms with Crippen LogP contribution in [0.3, 0.4) is 0 Å². The van der Waals surface area contributed by atoms with Gasteiger partial charge in [0.1, 0.15) is 0 Å². The summed E-state index contributed by atoms with van der Waals surface area (Å²) in [5, 5.41) is 8.25. The fourth-order valence-corrected chi connectivity index (χ4v) is 3.99. The first-order valence-electron chi connectivity index (χ1n) is 7.92. The third-order valence-electron chi connectivity index (χ3n) is 4.49. The summed E-state index contributed by atoms with van der Waals surface area (Å²) in [5.41, 5.74) is 2.12. The van der Waals surface area contributed by atoms with Crippen molar-refractivity contribution in [1.82, 2.24) is 5.32 Å². The average Bonchev–Trinajstić information content (AvgIpc) is 2.90. The van der Waals surface area contributed by atoms with E-state index in [4.69, 9.17) is 0 Å². The van der Waals surface area contributed by atoms with E-state index in [1.807, 2.05) is 11.3 Å². The second kappa shape index (κ2) is 7.44. The van der Waals surface area contributed by atoms with E-state index < -0.39 is 0 Å². The maximum atomic E-state index is 3.73. The first-order valence-corrected chi connectivity index (χ1v) is 8.86. The molecule has 0 bridgehead atoms. The Morgan fingerprint density at radius 3 is 2.68 bits per heavy atom. The molecule has 0 atom stereocenters. The topological polar surface area (TPSA) is 12.0 Å². The molecule has 1 N–H and O–H groups in total. The monoisotopic (exact) mass is 279 g/mol. The van der Waals surface area contributed by atoms with Gasteiger partial charge in [-0.1, -0.05) is 33.1 Å². The first kappa shape index (κ1) is 15.1. The highest BCUT2D eigenvalue weighted by atomic mass is 32.1. The van der Waals surface area contributed by atoms with Gasteiger partial charge in [-0.15, -0.1) is 0 Å². The molecule has 1 nitrogen and oxygen atoms in total. The molecule has 2 rings (SSSR count). The molecule has 1 aliphatic carbocycles. The summed E-state index contributed by atoms with van der Waals surface area (Å²) >= 11 is 1.83. The van der Waals surface area contributed by atoms with Crippen molar-refractivity contribution in [2.24, 2.45) is 11.3 Å². The molecule has 0 saturated heterocycles. The summed E-state index contributed by atoms with van der Waals surface area (Å²) < 4.78 is 0. The average molecular weight is 279 g/mol. The van der Waals surface area contributed by atoms with Gasteiger partial charge in [0.2, 0.25) is 0 Å². The van der Waals surface area contributed by atoms with E-state index in [2.05, 4.69) is 36.0 Å². The van der Waals surface area contributed by atoms with Gasteiger partial charge in [0.25, 0.3) is 0 Å². The Morgan fingerprint density at radius 2 is 2.05 bits per heavy atom. The maximum Gasteiger partial charge on any atom is 0.000803 e. The SMILES string of the molecule is CC(C)CNCC1(CCc2ccsc2)CCCCC1. The first-order chi connectivity index (χ1) is 9.20. The Bertz CT molecular complexity index is 336. The molecule has 0 radical (unpaired) electrons. The van der Waals surface area contributed by atoms with E-state index in [0.717, 1.165) is 5.92 Å². The van der Waals surface area contributed by atoms with Gasteiger partial charge >= 0.3 is 0 Å². The van der Waals surface area contributed by atoms with E-state index in [-0.39, 0.29) is 0 Å². The molecule has 1 aromatic heterocycles. The smallest absolute Gasteiger partial charge is 0.000803 e. The summed E-state index contributed by atoms with van der Waals surface area (Å²) in [6.45, 7) is 6.99. The van der Waals surface area contributed by atoms with Crippen LogP contribution in [0.4, 0.5) is 0 Å². The Kier molecular flexibility index (Phi) is 5.90. The fraction of sp³-hybridized carbons (Fsp3) is 0.765. The molecular formula is C17H29NS. The van der Waals surface area contributed by atoms with Gasteiger partial charge in [-0.05, 0) is 66.0 Å². The van der Waals surface area contributed by atoms with E-state index >= 15 is 0 Å². The molecule has 1 saturated carbocycles. The van der Waals surface area contributed by atoms with Crippen molar-refractivity contribution in [2.45, 2.75) is 58.8 Å². The lowest BCUT2D eigenvalue weighted by molar-refractivity contribution is 0.165. The van der Waals surface area contributed by atoms with Crippen LogP contribution in [0.2, 0.25) is 0 Å². The zero-order chi connectivity index (χ0) is 13.6. The summed E-state index contributed by atoms with van der Waals surface area (Å²) in [6.07, 6.45) is 9.83. The fourth-order valence-electron chi connectivity index (χ4n) is 3.29. The lowest BCUT2D eigenvalue weighted by atomic mass is 9.70. The highest BCUT2D eigenvalue weighted by Crippen LogP contribution is 2.39. The van der Waals surface area contributed by atoms with Crippen molar-refractivity contribution in [1.29, 1.82) is 0 Å². The van der Waals surface area contributed by atoms with Crippen LogP contribution in [0.15, 0.2) is 16.8 Å². The standard InChI is InChI=1S/C17H29NS/c1-15(2)12-18-14-17(8-4-3-5-9-17)10-6-16-7-11-19-13-16/h7,11,13,15,18H,3-6,8-10,12,14H2,1-2H3. The Morgan fingerprint density at radius 1 is 1.26 bits per heavy atom. The van der Waals surface area contributed by atoms with Crippen LogP contribution in [0.1, 0.15) is 57.9 Å². The molecule has 1 aromatic rings. The van der Waals surface area contributed by atoms with Crippen LogP contribution in [0, 0.1) is 11.3 Å². The number of nitrogens with one attached hydrogen (secondary N) is 1. The van der Waals surface area contributed by atoms with Crippen LogP contribution < -0.4 is 5.32 Å². The summed E-state index contributed by atoms with van der Waals surface area (Å²) in [5.74, 6) is 0.762. The van der Waals surface area contributed by atoms with E-state index in [1.165, 1.54) is 58.0 Å². The molecular weight excluding hydrogens is 250 g/mol. The Hall–Kier alpha value is -0.340. The van der Waals surface area contributed by atoms with Crippen LogP contribution in [-0.2, 0) is 6.42 Å². The molecule has 0 spiro atoms. The van der Waals surface area contributed by atoms with Gasteiger partial charge < -0.3 is 5.32 Å². The predicted molar refractivity (Wildman–Crippen MR) is 85.9 cm³/mol. The molecule has 1 fully saturated rings. The number of thiophene rings is 1. The van der Waals surface area contributed by atoms with Crippen LogP contribution in [-0.4, -0.2) is 13.1 Å². The van der Waals surface area contributed by atoms with E-state index in [9.17, 15) is 0 Å². The molecule has 1 aliphatic rings. The number of hydrogen-bond acceptors (Lipinski definition) is 2. The van der Waals surface area contributed by atoms with Crippen molar-refractivity contribution in [3.8, 4) is 0 Å². The number of hydrogen-bond donors (Lipinski definition) is 1. The summed E-state index contributed by atoms with van der Waals surface area (Å²) in [4.78, 5) is 0. The maximum absolute atomic E-state index is 3.73. The van der Waals surface area contributed by atoms with Crippen molar-refractivity contribution < 1.29 is 0 Å². The zero-order valence-electron chi connectivity index (χ0n) is 12.6. The molecule has 0 unspecified atom stereocenters. The zero-order valence-corrected chi connectivity index (χ0v) is 13.4. The largest absolute Gasteiger partial charge is 0.316 e. The van der Waals surface area contributed by atoms with Gasteiger partial charge in [0.15, 0.2) is 0 Å². The highest BCUT2D eigenvalue weighted by Gasteiger charge is 2.31. The minimum absolute atomic E-state index is 0.578. The quantitative estimate of drug-likeness (QED) is 0.750. The number of aryl methyl sites for hydroxylation is 1. The molecule has 2 heteroatoms. The van der Waals surface area contributed by atoms with Crippen molar-refractivity contribution in [3.05, 3.63) is 22.4 Å². The highest BCUT2D eigenvalue weighted by molar-refractivity contribution is 7.07. The minimum atomic E-state index is 0.578. The van der Waals surface area contributed by atoms with Gasteiger partial charge in [-0.3, -0.25) is 0 Å². The molecule has 0 amide bonds. The summed E-state index contributed by atoms with van der Waals surface area (Å²) in [7, 11) is 0. The predicted octanol–water partition coefficient (Wildman–Crippen LogP) is 4.88. The third-order valence-corrected chi connectivity index (χ3v) is 5.22. The Labute approximate surface area is 122 Å². The van der Waals surface area contributed by atoms with Crippen LogP contribution >= 0.6 is 11.3 Å². The molecule has 0 aromatic carbocycles. The normalized spacial score (nSPS) is 18.9. The lowest BCUT2D eigenvalue weighted by Crippen LogP contribution is -2.38. The summed E-state index contributed by atoms with van der Waals surface area (Å²) in [6, 6.07) is 2.29. The third kappa shape index (κ3) is 4.92. The van der Waals surface area contributed by atoms with Crippen LogP contribution in [0.5, 0.6) is 0 Å². The molecule has 1 heterocycles. The van der Waals surface area contributed by atoms with Crippen LogP contribution in [0.25, 0.3) is 0 Å². The van der Waals surface area contributed by atoms with Gasteiger partial charge in [0.05, 0.1) is 0 Å². The van der Waals surface area contributed by atoms with Gasteiger partial charge in [-0.25, -0.2) is 0 Å². The number of rotatable bonds is 7. The lowest BCUT2D eigenvalue weighted by Gasteiger charge is -2.38. The van der Waals surface area contributed by atoms with Gasteiger partial charge in [-0.2, -0.15) is 11.3 Å². The molecule has 0 aliphatic heterocycles. The van der Waals surface area contributed by atoms with Crippen molar-refractivity contribution >= 4 is 11.3 Å².